The lowest BCUT2D eigenvalue weighted by Crippen LogP contribution is -2.08. The zero-order valence-corrected chi connectivity index (χ0v) is 44.7. The van der Waals surface area contributed by atoms with Gasteiger partial charge in [-0.2, -0.15) is 69.5 Å². The molecule has 0 aliphatic rings. The second-order valence-electron chi connectivity index (χ2n) is 17.2. The predicted molar refractivity (Wildman–Crippen MR) is 284 cm³/mol. The molecule has 0 aliphatic carbocycles. The van der Waals surface area contributed by atoms with Gasteiger partial charge in [0.15, 0.2) is 5.75 Å². The molecule has 78 heavy (non-hydrogen) atoms. The first-order valence-electron chi connectivity index (χ1n) is 22.4. The minimum absolute atomic E-state index is 0.00758. The van der Waals surface area contributed by atoms with E-state index in [-0.39, 0.29) is 63.7 Å². The number of fused-ring (bicyclic) bond motifs is 1. The SMILES string of the molecule is Cc1cc(N=Nc2cc(C)c(N=Nc3ccc(S(=O)(=O)O)cc3S(=O)(=O)O)cc2OCCCS(=O)(=O)O)c(C)cc1N=Nc1cc(C)c(N=Nc2c(S(=O)(=O)O)cc3cc(N=Nc4ccc(O)c(N)c4)ccc3c2O)cc1C. The summed E-state index contributed by atoms with van der Waals surface area (Å²) in [6.45, 7) is 8.29. The van der Waals surface area contributed by atoms with Crippen molar-refractivity contribution >= 4 is 114 Å². The van der Waals surface area contributed by atoms with Crippen molar-refractivity contribution in [2.45, 2.75) is 55.7 Å². The first-order valence-corrected chi connectivity index (χ1v) is 28.4. The van der Waals surface area contributed by atoms with Gasteiger partial charge in [-0.3, -0.25) is 18.2 Å². The number of azo groups is 5. The standard InChI is InChI=1S/C48H45N11O15S4/c1-25-16-39(55-58-42-19-29(5)41(24-44(42)74-13-6-14-75(62,63)64)56-52-36-11-9-33(76(65,66)67)23-45(36)77(68,69)70)26(2)15-37(25)53-54-38-17-28(4)40(18-27(38)3)57-59-47-46(78(71,72)73)21-30-20-31(7-10-34(30)48(47)61)50-51-32-8-12-43(60)35(49)22-32/h7-12,15-24,60-61H,6,13-14,49H2,1-5H3,(H,62,63,64)(H,65,66,67)(H,68,69,70)(H,71,72,73). The molecule has 0 fully saturated rings. The van der Waals surface area contributed by atoms with Crippen LogP contribution in [0, 0.1) is 34.6 Å². The lowest BCUT2D eigenvalue weighted by atomic mass is 10.1. The van der Waals surface area contributed by atoms with Crippen LogP contribution in [0.5, 0.6) is 17.2 Å². The van der Waals surface area contributed by atoms with E-state index in [4.69, 9.17) is 10.5 Å². The molecule has 0 spiro atoms. The highest BCUT2D eigenvalue weighted by atomic mass is 32.2. The molecule has 7 aromatic carbocycles. The number of aryl methyl sites for hydroxylation is 5. The van der Waals surface area contributed by atoms with Crippen molar-refractivity contribution in [3.05, 3.63) is 125 Å². The maximum absolute atomic E-state index is 12.6. The molecule has 0 aromatic heterocycles. The Morgan fingerprint density at radius 2 is 0.923 bits per heavy atom. The van der Waals surface area contributed by atoms with Gasteiger partial charge < -0.3 is 20.7 Å². The van der Waals surface area contributed by atoms with Gasteiger partial charge in [-0.15, -0.1) is 15.3 Å². The maximum Gasteiger partial charge on any atom is 0.296 e. The minimum Gasteiger partial charge on any atom is -0.506 e. The summed E-state index contributed by atoms with van der Waals surface area (Å²) in [7, 11) is -19.2. The molecule has 0 radical (unpaired) electrons. The van der Waals surface area contributed by atoms with E-state index >= 15 is 0 Å². The number of ether oxygens (including phenoxy) is 1. The fourth-order valence-electron chi connectivity index (χ4n) is 7.17. The number of nitrogens with two attached hydrogens (primary N) is 1. The van der Waals surface area contributed by atoms with Crippen molar-refractivity contribution in [3.8, 4) is 17.2 Å². The van der Waals surface area contributed by atoms with E-state index in [1.807, 2.05) is 0 Å². The van der Waals surface area contributed by atoms with Crippen molar-refractivity contribution in [2.75, 3.05) is 18.1 Å². The predicted octanol–water partition coefficient (Wildman–Crippen LogP) is 12.8. The zero-order chi connectivity index (χ0) is 57.1. The van der Waals surface area contributed by atoms with Crippen LogP contribution in [0.15, 0.2) is 163 Å². The molecule has 0 saturated heterocycles. The third-order valence-electron chi connectivity index (χ3n) is 11.3. The smallest absolute Gasteiger partial charge is 0.296 e. The first-order chi connectivity index (χ1) is 36.4. The van der Waals surface area contributed by atoms with E-state index in [2.05, 4.69) is 51.1 Å². The molecule has 0 aliphatic heterocycles. The molecule has 0 amide bonds. The van der Waals surface area contributed by atoms with Crippen molar-refractivity contribution < 1.29 is 66.8 Å². The Balaban J connectivity index is 1.12. The molecule has 7 rings (SSSR count). The van der Waals surface area contributed by atoms with Crippen LogP contribution >= 0.6 is 0 Å². The summed E-state index contributed by atoms with van der Waals surface area (Å²) < 4.78 is 140. The summed E-state index contributed by atoms with van der Waals surface area (Å²) in [6.07, 6.45) is -0.139. The third kappa shape index (κ3) is 14.2. The van der Waals surface area contributed by atoms with Crippen LogP contribution in [0.2, 0.25) is 0 Å². The number of rotatable bonds is 18. The summed E-state index contributed by atoms with van der Waals surface area (Å²) in [5.41, 5.74) is 9.93. The van der Waals surface area contributed by atoms with E-state index in [1.165, 1.54) is 48.5 Å². The van der Waals surface area contributed by atoms with E-state index < -0.39 is 78.0 Å². The van der Waals surface area contributed by atoms with Gasteiger partial charge >= 0.3 is 0 Å². The molecule has 406 valence electrons. The molecule has 0 unspecified atom stereocenters. The molecule has 0 saturated carbocycles. The van der Waals surface area contributed by atoms with Gasteiger partial charge in [0.25, 0.3) is 40.5 Å². The lowest BCUT2D eigenvalue weighted by Gasteiger charge is -2.11. The fourth-order valence-corrected chi connectivity index (χ4v) is 9.55. The lowest BCUT2D eigenvalue weighted by molar-refractivity contribution is 0.317. The highest BCUT2D eigenvalue weighted by Crippen LogP contribution is 2.44. The second kappa shape index (κ2) is 22.7. The van der Waals surface area contributed by atoms with Crippen LogP contribution in [-0.4, -0.2) is 74.5 Å². The van der Waals surface area contributed by atoms with Gasteiger partial charge in [0.2, 0.25) is 0 Å². The topological polar surface area (TPSA) is 417 Å². The summed E-state index contributed by atoms with van der Waals surface area (Å²) in [4.78, 5) is -2.52. The number of anilines is 1. The molecule has 30 heteroatoms. The second-order valence-corrected chi connectivity index (χ2v) is 23.0. The Morgan fingerprint density at radius 3 is 1.42 bits per heavy atom. The highest BCUT2D eigenvalue weighted by Gasteiger charge is 2.24. The summed E-state index contributed by atoms with van der Waals surface area (Å²) in [6, 6.07) is 21.5. The zero-order valence-electron chi connectivity index (χ0n) is 41.4. The number of benzene rings is 7. The average Bonchev–Trinajstić information content (AvgIpc) is 3.37. The molecule has 8 N–H and O–H groups in total. The Labute approximate surface area is 445 Å². The molecule has 26 nitrogen and oxygen atoms in total. The van der Waals surface area contributed by atoms with Crippen molar-refractivity contribution in [1.82, 2.24) is 0 Å². The van der Waals surface area contributed by atoms with Crippen molar-refractivity contribution in [2.24, 2.45) is 51.1 Å². The molecule has 0 atom stereocenters. The highest BCUT2D eigenvalue weighted by molar-refractivity contribution is 7.87. The van der Waals surface area contributed by atoms with Crippen LogP contribution in [0.3, 0.4) is 0 Å². The fraction of sp³-hybridized carbons (Fsp3) is 0.167. The van der Waals surface area contributed by atoms with Crippen LogP contribution < -0.4 is 10.5 Å². The number of nitrogens with zero attached hydrogens (tertiary/aromatic N) is 10. The number of hydrogen-bond acceptors (Lipinski definition) is 22. The van der Waals surface area contributed by atoms with Crippen molar-refractivity contribution in [1.29, 1.82) is 0 Å². The summed E-state index contributed by atoms with van der Waals surface area (Å²) in [5.74, 6) is -1.32. The molecule has 0 bridgehead atoms. The third-order valence-corrected chi connectivity index (χ3v) is 14.7. The monoisotopic (exact) mass is 1140 g/mol. The van der Waals surface area contributed by atoms with E-state index in [1.54, 1.807) is 58.9 Å². The molecular formula is C48H45N11O15S4. The molecule has 0 heterocycles. The Morgan fingerprint density at radius 1 is 0.462 bits per heavy atom. The Hall–Kier alpha value is -8.36. The van der Waals surface area contributed by atoms with Crippen LogP contribution in [0.4, 0.5) is 62.6 Å². The minimum atomic E-state index is -5.06. The van der Waals surface area contributed by atoms with Gasteiger partial charge in [0.1, 0.15) is 38.4 Å². The maximum atomic E-state index is 12.6. The van der Waals surface area contributed by atoms with E-state index in [9.17, 15) is 62.1 Å². The van der Waals surface area contributed by atoms with Crippen LogP contribution in [0.25, 0.3) is 10.8 Å². The summed E-state index contributed by atoms with van der Waals surface area (Å²) in [5, 5.41) is 63.4. The van der Waals surface area contributed by atoms with Crippen LogP contribution in [0.1, 0.15) is 34.2 Å². The normalized spacial score (nSPS) is 12.9. The van der Waals surface area contributed by atoms with E-state index in [0.717, 1.165) is 18.2 Å². The average molecular weight is 1140 g/mol. The number of hydrogen-bond donors (Lipinski definition) is 7. The van der Waals surface area contributed by atoms with Gasteiger partial charge in [0.05, 0.1) is 62.8 Å². The van der Waals surface area contributed by atoms with Crippen molar-refractivity contribution in [3.63, 3.8) is 0 Å². The van der Waals surface area contributed by atoms with Gasteiger partial charge in [0, 0.05) is 11.5 Å². The van der Waals surface area contributed by atoms with Gasteiger partial charge in [-0.25, -0.2) is 0 Å². The Bertz CT molecular complexity index is 4210. The number of aromatic hydroxyl groups is 2. The number of phenolic OH excluding ortho intramolecular Hbond substituents is 2. The van der Waals surface area contributed by atoms with Gasteiger partial charge in [-0.05, 0) is 165 Å². The van der Waals surface area contributed by atoms with E-state index in [0.29, 0.717) is 56.6 Å². The molecular weight excluding hydrogens is 1100 g/mol. The van der Waals surface area contributed by atoms with Crippen LogP contribution in [-0.2, 0) is 40.5 Å². The summed E-state index contributed by atoms with van der Waals surface area (Å²) >= 11 is 0. The number of phenols is 2. The first kappa shape index (κ1) is 57.3. The molecule has 7 aromatic rings. The largest absolute Gasteiger partial charge is 0.506 e. The van der Waals surface area contributed by atoms with Gasteiger partial charge in [-0.1, -0.05) is 0 Å². The quantitative estimate of drug-likeness (QED) is 0.0138. The Kier molecular flexibility index (Phi) is 16.7. The number of nitrogen functional groups attached to an aromatic ring is 1.